The predicted octanol–water partition coefficient (Wildman–Crippen LogP) is 8.22. The molecule has 9 heteroatoms. The Kier molecular flexibility index (Phi) is 10.8. The minimum absolute atomic E-state index is 0.0480. The molecule has 1 unspecified atom stereocenters. The van der Waals surface area contributed by atoms with Crippen LogP contribution in [0.3, 0.4) is 0 Å². The van der Waals surface area contributed by atoms with Gasteiger partial charge in [0.1, 0.15) is 5.70 Å². The van der Waals surface area contributed by atoms with E-state index >= 15 is 0 Å². The number of thioether (sulfide) groups is 1. The minimum atomic E-state index is -0.511. The molecule has 4 aromatic rings. The second-order valence-corrected chi connectivity index (χ2v) is 11.5. The van der Waals surface area contributed by atoms with Crippen molar-refractivity contribution in [3.05, 3.63) is 129 Å². The highest BCUT2D eigenvalue weighted by atomic mass is 35.5. The van der Waals surface area contributed by atoms with Gasteiger partial charge in [-0.05, 0) is 85.1 Å². The molecule has 1 atom stereocenters. The van der Waals surface area contributed by atoms with E-state index in [2.05, 4.69) is 16.0 Å². The van der Waals surface area contributed by atoms with Crippen LogP contribution in [-0.2, 0) is 9.59 Å². The van der Waals surface area contributed by atoms with Gasteiger partial charge >= 0.3 is 0 Å². The molecule has 4 aromatic carbocycles. The van der Waals surface area contributed by atoms with E-state index in [1.54, 1.807) is 84.9 Å². The van der Waals surface area contributed by atoms with Crippen molar-refractivity contribution in [3.63, 3.8) is 0 Å². The molecule has 0 heterocycles. The fourth-order valence-corrected chi connectivity index (χ4v) is 5.38. The molecule has 6 nitrogen and oxygen atoms in total. The average Bonchev–Trinajstić information content (AvgIpc) is 2.98. The van der Waals surface area contributed by atoms with Crippen LogP contribution in [0.15, 0.2) is 108 Å². The van der Waals surface area contributed by atoms with Crippen LogP contribution in [0, 0.1) is 6.92 Å². The Hall–Kier alpha value is -4.04. The fraction of sp³-hybridized carbons (Fsp3) is 0.121. The number of carbonyl (C=O) groups is 3. The number of halogens is 2. The summed E-state index contributed by atoms with van der Waals surface area (Å²) in [6.45, 7) is 3.80. The van der Waals surface area contributed by atoms with Crippen LogP contribution in [0.1, 0.15) is 34.8 Å². The molecule has 4 rings (SSSR count). The molecule has 3 N–H and O–H groups in total. The van der Waals surface area contributed by atoms with E-state index in [4.69, 9.17) is 23.2 Å². The van der Waals surface area contributed by atoms with Crippen molar-refractivity contribution < 1.29 is 14.4 Å². The van der Waals surface area contributed by atoms with E-state index in [1.807, 2.05) is 32.0 Å². The van der Waals surface area contributed by atoms with Crippen molar-refractivity contribution in [2.45, 2.75) is 30.4 Å². The maximum absolute atomic E-state index is 13.4. The molecule has 214 valence electrons. The molecule has 0 saturated heterocycles. The third kappa shape index (κ3) is 8.49. The third-order valence-corrected chi connectivity index (χ3v) is 8.25. The van der Waals surface area contributed by atoms with Crippen LogP contribution in [0.25, 0.3) is 6.08 Å². The van der Waals surface area contributed by atoms with Gasteiger partial charge in [-0.3, -0.25) is 14.4 Å². The normalized spacial score (nSPS) is 11.9. The Balaban J connectivity index is 1.51. The Bertz CT molecular complexity index is 1630. The first-order chi connectivity index (χ1) is 20.2. The molecule has 0 aliphatic rings. The van der Waals surface area contributed by atoms with Crippen molar-refractivity contribution in [1.82, 2.24) is 5.32 Å². The van der Waals surface area contributed by atoms with Crippen molar-refractivity contribution in [2.75, 3.05) is 10.6 Å². The number of benzene rings is 4. The summed E-state index contributed by atoms with van der Waals surface area (Å²) in [4.78, 5) is 40.2. The summed E-state index contributed by atoms with van der Waals surface area (Å²) in [5.74, 6) is -1.07. The van der Waals surface area contributed by atoms with Crippen LogP contribution in [-0.4, -0.2) is 23.0 Å². The lowest BCUT2D eigenvalue weighted by molar-refractivity contribution is -0.116. The molecule has 0 fully saturated rings. The van der Waals surface area contributed by atoms with E-state index in [1.165, 1.54) is 11.8 Å². The lowest BCUT2D eigenvalue weighted by atomic mass is 10.1. The van der Waals surface area contributed by atoms with E-state index in [9.17, 15) is 14.4 Å². The van der Waals surface area contributed by atoms with Crippen molar-refractivity contribution >= 4 is 70.1 Å². The molecule has 0 radical (unpaired) electrons. The SMILES string of the molecule is CCC(Sc1cccc(NC(=O)/C(=C/c2cccc(Cl)c2)NC(=O)c2ccccc2)c1)C(=O)Nc1cccc(Cl)c1C. The standard InChI is InChI=1S/C33H29Cl2N3O3S/c1-3-30(33(41)37-28-17-9-16-27(35)21(28)2)42-26-15-8-14-25(20-26)36-32(40)29(19-22-10-7-13-24(34)18-22)38-31(39)23-11-5-4-6-12-23/h4-20,30H,3H2,1-2H3,(H,36,40)(H,37,41)(H,38,39)/b29-19-. The van der Waals surface area contributed by atoms with Crippen LogP contribution < -0.4 is 16.0 Å². The van der Waals surface area contributed by atoms with Crippen LogP contribution in [0.4, 0.5) is 11.4 Å². The summed E-state index contributed by atoms with van der Waals surface area (Å²) in [6, 6.07) is 28.2. The maximum atomic E-state index is 13.4. The van der Waals surface area contributed by atoms with Crippen LogP contribution in [0.5, 0.6) is 0 Å². The summed E-state index contributed by atoms with van der Waals surface area (Å²) >= 11 is 13.7. The zero-order valence-electron chi connectivity index (χ0n) is 23.0. The summed E-state index contributed by atoms with van der Waals surface area (Å²) < 4.78 is 0. The van der Waals surface area contributed by atoms with Gasteiger partial charge in [-0.15, -0.1) is 11.8 Å². The highest BCUT2D eigenvalue weighted by Gasteiger charge is 2.20. The maximum Gasteiger partial charge on any atom is 0.272 e. The average molecular weight is 619 g/mol. The van der Waals surface area contributed by atoms with Crippen molar-refractivity contribution in [3.8, 4) is 0 Å². The molecule has 0 bridgehead atoms. The van der Waals surface area contributed by atoms with Gasteiger partial charge in [-0.25, -0.2) is 0 Å². The molecular weight excluding hydrogens is 589 g/mol. The second kappa shape index (κ2) is 14.7. The fourth-order valence-electron chi connectivity index (χ4n) is 3.99. The van der Waals surface area contributed by atoms with Crippen molar-refractivity contribution in [1.29, 1.82) is 0 Å². The van der Waals surface area contributed by atoms with Gasteiger partial charge in [-0.1, -0.05) is 72.6 Å². The lowest BCUT2D eigenvalue weighted by Gasteiger charge is -2.17. The van der Waals surface area contributed by atoms with Crippen LogP contribution in [0.2, 0.25) is 10.0 Å². The Labute approximate surface area is 259 Å². The Morgan fingerprint density at radius 3 is 2.33 bits per heavy atom. The molecule has 0 spiro atoms. The number of hydrogen-bond acceptors (Lipinski definition) is 4. The molecule has 0 saturated carbocycles. The van der Waals surface area contributed by atoms with E-state index in [0.717, 1.165) is 10.5 Å². The third-order valence-electron chi connectivity index (χ3n) is 6.25. The Morgan fingerprint density at radius 1 is 0.857 bits per heavy atom. The molecule has 0 aliphatic heterocycles. The summed E-state index contributed by atoms with van der Waals surface area (Å²) in [7, 11) is 0. The summed E-state index contributed by atoms with van der Waals surface area (Å²) in [5.41, 5.74) is 3.10. The van der Waals surface area contributed by atoms with E-state index in [-0.39, 0.29) is 16.9 Å². The van der Waals surface area contributed by atoms with Gasteiger partial charge in [0.15, 0.2) is 0 Å². The summed E-state index contributed by atoms with van der Waals surface area (Å²) in [6.07, 6.45) is 2.15. The van der Waals surface area contributed by atoms with E-state index < -0.39 is 11.8 Å². The van der Waals surface area contributed by atoms with Crippen LogP contribution >= 0.6 is 35.0 Å². The molecule has 3 amide bonds. The highest BCUT2D eigenvalue weighted by Crippen LogP contribution is 2.30. The molecule has 42 heavy (non-hydrogen) atoms. The number of amides is 3. The van der Waals surface area contributed by atoms with E-state index in [0.29, 0.717) is 39.0 Å². The monoisotopic (exact) mass is 617 g/mol. The largest absolute Gasteiger partial charge is 0.325 e. The predicted molar refractivity (Wildman–Crippen MR) is 173 cm³/mol. The number of anilines is 2. The van der Waals surface area contributed by atoms with Gasteiger partial charge in [-0.2, -0.15) is 0 Å². The zero-order valence-corrected chi connectivity index (χ0v) is 25.3. The van der Waals surface area contributed by atoms with Gasteiger partial charge < -0.3 is 16.0 Å². The first-order valence-corrected chi connectivity index (χ1v) is 14.8. The van der Waals surface area contributed by atoms with Gasteiger partial charge in [0.25, 0.3) is 11.8 Å². The second-order valence-electron chi connectivity index (χ2n) is 9.33. The number of hydrogen-bond donors (Lipinski definition) is 3. The smallest absolute Gasteiger partial charge is 0.272 e. The molecule has 0 aliphatic carbocycles. The van der Waals surface area contributed by atoms with Gasteiger partial charge in [0, 0.05) is 31.9 Å². The number of carbonyl (C=O) groups excluding carboxylic acids is 3. The van der Waals surface area contributed by atoms with Gasteiger partial charge in [0.2, 0.25) is 5.91 Å². The summed E-state index contributed by atoms with van der Waals surface area (Å²) in [5, 5.41) is 9.27. The first kappa shape index (κ1) is 30.9. The topological polar surface area (TPSA) is 87.3 Å². The molecule has 0 aromatic heterocycles. The van der Waals surface area contributed by atoms with Gasteiger partial charge in [0.05, 0.1) is 5.25 Å². The number of nitrogens with one attached hydrogen (secondary N) is 3. The van der Waals surface area contributed by atoms with Crippen molar-refractivity contribution in [2.24, 2.45) is 0 Å². The quantitative estimate of drug-likeness (QED) is 0.124. The first-order valence-electron chi connectivity index (χ1n) is 13.2. The lowest BCUT2D eigenvalue weighted by Crippen LogP contribution is -2.30. The highest BCUT2D eigenvalue weighted by molar-refractivity contribution is 8.00. The number of rotatable bonds is 10. The minimum Gasteiger partial charge on any atom is -0.325 e. The Morgan fingerprint density at radius 2 is 1.60 bits per heavy atom. The molecular formula is C33H29Cl2N3O3S. The zero-order chi connectivity index (χ0) is 30.1.